The topological polar surface area (TPSA) is 42.2 Å². The molecule has 0 radical (unpaired) electrons. The molecule has 0 spiro atoms. The molecular formula is C15H19NO2. The summed E-state index contributed by atoms with van der Waals surface area (Å²) in [7, 11) is 1.62. The van der Waals surface area contributed by atoms with Crippen LogP contribution in [0.2, 0.25) is 0 Å². The van der Waals surface area contributed by atoms with Crippen LogP contribution in [0.3, 0.4) is 0 Å². The SMILES string of the molecule is COc1ccc(C#N)c(OC2CCCCC2C)c1. The lowest BCUT2D eigenvalue weighted by Gasteiger charge is -2.29. The van der Waals surface area contributed by atoms with Crippen molar-refractivity contribution in [2.45, 2.75) is 38.7 Å². The molecule has 0 aliphatic heterocycles. The number of nitriles is 1. The smallest absolute Gasteiger partial charge is 0.141 e. The van der Waals surface area contributed by atoms with E-state index in [0.29, 0.717) is 17.2 Å². The number of hydrogen-bond acceptors (Lipinski definition) is 3. The molecule has 3 heteroatoms. The van der Waals surface area contributed by atoms with Crippen LogP contribution >= 0.6 is 0 Å². The maximum absolute atomic E-state index is 9.11. The summed E-state index contributed by atoms with van der Waals surface area (Å²) in [5, 5.41) is 9.11. The van der Waals surface area contributed by atoms with Gasteiger partial charge in [0.1, 0.15) is 23.7 Å². The minimum absolute atomic E-state index is 0.220. The predicted octanol–water partition coefficient (Wildman–Crippen LogP) is 3.52. The Labute approximate surface area is 108 Å². The summed E-state index contributed by atoms with van der Waals surface area (Å²) in [5.74, 6) is 1.93. The van der Waals surface area contributed by atoms with Crippen molar-refractivity contribution in [2.24, 2.45) is 5.92 Å². The third-order valence-electron chi connectivity index (χ3n) is 3.62. The van der Waals surface area contributed by atoms with E-state index < -0.39 is 0 Å². The van der Waals surface area contributed by atoms with Crippen LogP contribution in [0.1, 0.15) is 38.2 Å². The van der Waals surface area contributed by atoms with E-state index in [9.17, 15) is 0 Å². The molecule has 0 saturated heterocycles. The molecule has 1 fully saturated rings. The second-order valence-electron chi connectivity index (χ2n) is 4.89. The van der Waals surface area contributed by atoms with Crippen LogP contribution in [0.5, 0.6) is 11.5 Å². The molecule has 1 aliphatic rings. The average Bonchev–Trinajstić information content (AvgIpc) is 2.41. The summed E-state index contributed by atoms with van der Waals surface area (Å²) < 4.78 is 11.2. The van der Waals surface area contributed by atoms with Gasteiger partial charge in [0.2, 0.25) is 0 Å². The fraction of sp³-hybridized carbons (Fsp3) is 0.533. The zero-order valence-corrected chi connectivity index (χ0v) is 11.0. The van der Waals surface area contributed by atoms with Crippen LogP contribution in [-0.4, -0.2) is 13.2 Å². The fourth-order valence-corrected chi connectivity index (χ4v) is 2.44. The first-order valence-electron chi connectivity index (χ1n) is 6.49. The molecule has 0 heterocycles. The second-order valence-corrected chi connectivity index (χ2v) is 4.89. The van der Waals surface area contributed by atoms with Crippen LogP contribution in [0, 0.1) is 17.2 Å². The molecule has 0 bridgehead atoms. The van der Waals surface area contributed by atoms with Gasteiger partial charge in [-0.15, -0.1) is 0 Å². The van der Waals surface area contributed by atoms with Crippen LogP contribution in [0.4, 0.5) is 0 Å². The first-order chi connectivity index (χ1) is 8.74. The van der Waals surface area contributed by atoms with Crippen molar-refractivity contribution >= 4 is 0 Å². The fourth-order valence-electron chi connectivity index (χ4n) is 2.44. The molecule has 2 atom stereocenters. The molecular weight excluding hydrogens is 226 g/mol. The largest absolute Gasteiger partial charge is 0.497 e. The maximum atomic E-state index is 9.11. The highest BCUT2D eigenvalue weighted by Crippen LogP contribution is 2.31. The van der Waals surface area contributed by atoms with Crippen LogP contribution in [0.25, 0.3) is 0 Å². The standard InChI is InChI=1S/C15H19NO2/c1-11-5-3-4-6-14(11)18-15-9-13(17-2)8-7-12(15)10-16/h7-9,11,14H,3-6H2,1-2H3. The van der Waals surface area contributed by atoms with Gasteiger partial charge in [-0.2, -0.15) is 5.26 Å². The zero-order chi connectivity index (χ0) is 13.0. The summed E-state index contributed by atoms with van der Waals surface area (Å²) in [4.78, 5) is 0. The third kappa shape index (κ3) is 2.76. The van der Waals surface area contributed by atoms with Crippen molar-refractivity contribution in [3.8, 4) is 17.6 Å². The number of ether oxygens (including phenoxy) is 2. The van der Waals surface area contributed by atoms with Gasteiger partial charge < -0.3 is 9.47 Å². The van der Waals surface area contributed by atoms with E-state index >= 15 is 0 Å². The molecule has 18 heavy (non-hydrogen) atoms. The number of methoxy groups -OCH3 is 1. The monoisotopic (exact) mass is 245 g/mol. The van der Waals surface area contributed by atoms with Gasteiger partial charge in [0, 0.05) is 6.07 Å². The van der Waals surface area contributed by atoms with E-state index in [4.69, 9.17) is 14.7 Å². The van der Waals surface area contributed by atoms with Gasteiger partial charge in [-0.05, 0) is 37.3 Å². The van der Waals surface area contributed by atoms with Gasteiger partial charge in [-0.1, -0.05) is 13.3 Å². The van der Waals surface area contributed by atoms with Gasteiger partial charge in [0.15, 0.2) is 0 Å². The summed E-state index contributed by atoms with van der Waals surface area (Å²) in [6.45, 7) is 2.22. The normalized spacial score (nSPS) is 23.2. The Balaban J connectivity index is 2.18. The number of nitrogens with zero attached hydrogens (tertiary/aromatic N) is 1. The van der Waals surface area contributed by atoms with Crippen molar-refractivity contribution in [1.29, 1.82) is 5.26 Å². The number of hydrogen-bond donors (Lipinski definition) is 0. The Bertz CT molecular complexity index is 450. The molecule has 0 N–H and O–H groups in total. The molecule has 0 aromatic heterocycles. The van der Waals surface area contributed by atoms with E-state index in [2.05, 4.69) is 13.0 Å². The average molecular weight is 245 g/mol. The predicted molar refractivity (Wildman–Crippen MR) is 69.8 cm³/mol. The van der Waals surface area contributed by atoms with Gasteiger partial charge in [0.05, 0.1) is 12.7 Å². The van der Waals surface area contributed by atoms with Crippen molar-refractivity contribution < 1.29 is 9.47 Å². The van der Waals surface area contributed by atoms with Gasteiger partial charge in [-0.25, -0.2) is 0 Å². The zero-order valence-electron chi connectivity index (χ0n) is 11.0. The molecule has 0 amide bonds. The first-order valence-corrected chi connectivity index (χ1v) is 6.49. The molecule has 1 aromatic rings. The van der Waals surface area contributed by atoms with E-state index in [0.717, 1.165) is 12.2 Å². The van der Waals surface area contributed by atoms with E-state index in [1.54, 1.807) is 25.3 Å². The van der Waals surface area contributed by atoms with Crippen molar-refractivity contribution in [1.82, 2.24) is 0 Å². The lowest BCUT2D eigenvalue weighted by Crippen LogP contribution is -2.28. The molecule has 2 unspecified atom stereocenters. The van der Waals surface area contributed by atoms with E-state index in [1.807, 2.05) is 0 Å². The number of rotatable bonds is 3. The van der Waals surface area contributed by atoms with Gasteiger partial charge in [0.25, 0.3) is 0 Å². The first kappa shape index (κ1) is 12.8. The second kappa shape index (κ2) is 5.77. The van der Waals surface area contributed by atoms with Gasteiger partial charge in [-0.3, -0.25) is 0 Å². The molecule has 1 aliphatic carbocycles. The lowest BCUT2D eigenvalue weighted by atomic mass is 9.88. The van der Waals surface area contributed by atoms with E-state index in [1.165, 1.54) is 19.3 Å². The quantitative estimate of drug-likeness (QED) is 0.818. The van der Waals surface area contributed by atoms with Crippen LogP contribution in [0.15, 0.2) is 18.2 Å². The molecule has 2 rings (SSSR count). The summed E-state index contributed by atoms with van der Waals surface area (Å²) >= 11 is 0. The highest BCUT2D eigenvalue weighted by atomic mass is 16.5. The Morgan fingerprint density at radius 2 is 2.06 bits per heavy atom. The highest BCUT2D eigenvalue weighted by Gasteiger charge is 2.23. The van der Waals surface area contributed by atoms with Crippen molar-refractivity contribution in [3.63, 3.8) is 0 Å². The van der Waals surface area contributed by atoms with E-state index in [-0.39, 0.29) is 6.10 Å². The van der Waals surface area contributed by atoms with Gasteiger partial charge >= 0.3 is 0 Å². The lowest BCUT2D eigenvalue weighted by molar-refractivity contribution is 0.102. The molecule has 96 valence electrons. The number of benzene rings is 1. The minimum atomic E-state index is 0.220. The Hall–Kier alpha value is -1.69. The van der Waals surface area contributed by atoms with Crippen molar-refractivity contribution in [2.75, 3.05) is 7.11 Å². The maximum Gasteiger partial charge on any atom is 0.141 e. The summed E-state index contributed by atoms with van der Waals surface area (Å²) in [6.07, 6.45) is 4.99. The Morgan fingerprint density at radius 3 is 2.72 bits per heavy atom. The third-order valence-corrected chi connectivity index (χ3v) is 3.62. The summed E-state index contributed by atoms with van der Waals surface area (Å²) in [6, 6.07) is 7.52. The molecule has 1 aromatic carbocycles. The minimum Gasteiger partial charge on any atom is -0.497 e. The van der Waals surface area contributed by atoms with Crippen LogP contribution < -0.4 is 9.47 Å². The van der Waals surface area contributed by atoms with Crippen molar-refractivity contribution in [3.05, 3.63) is 23.8 Å². The summed E-state index contributed by atoms with van der Waals surface area (Å²) in [5.41, 5.74) is 0.577. The van der Waals surface area contributed by atoms with Crippen LogP contribution in [-0.2, 0) is 0 Å². The Morgan fingerprint density at radius 1 is 1.28 bits per heavy atom. The molecule has 3 nitrogen and oxygen atoms in total. The molecule has 1 saturated carbocycles. The Kier molecular flexibility index (Phi) is 4.09. The highest BCUT2D eigenvalue weighted by molar-refractivity contribution is 5.47.